The van der Waals surface area contributed by atoms with Crippen LogP contribution in [-0.2, 0) is 6.54 Å². The van der Waals surface area contributed by atoms with Crippen LogP contribution in [0.4, 0.5) is 0 Å². The average Bonchev–Trinajstić information content (AvgIpc) is 3.31. The minimum atomic E-state index is -0.943. The Bertz CT molecular complexity index is 1600. The number of halogens is 1. The summed E-state index contributed by atoms with van der Waals surface area (Å²) in [5.74, 6) is -1.06. The van der Waals surface area contributed by atoms with Crippen molar-refractivity contribution in [2.24, 2.45) is 0 Å². The predicted molar refractivity (Wildman–Crippen MR) is 150 cm³/mol. The first kappa shape index (κ1) is 24.5. The maximum Gasteiger partial charge on any atom is 0.335 e. The number of hydrogen-bond donors (Lipinski definition) is 2. The van der Waals surface area contributed by atoms with E-state index in [9.17, 15) is 14.7 Å². The van der Waals surface area contributed by atoms with Crippen LogP contribution < -0.4 is 5.32 Å². The van der Waals surface area contributed by atoms with Crippen LogP contribution in [0.2, 0.25) is 0 Å². The summed E-state index contributed by atoms with van der Waals surface area (Å²) in [6.45, 7) is 2.59. The normalized spacial score (nSPS) is 11.8. The molecule has 0 fully saturated rings. The number of carboxylic acids is 1. The quantitative estimate of drug-likeness (QED) is 0.222. The van der Waals surface area contributed by atoms with Gasteiger partial charge in [0.05, 0.1) is 11.6 Å². The number of benzene rings is 4. The number of carbonyl (C=O) groups excluding carboxylic acids is 1. The highest BCUT2D eigenvalue weighted by atomic mass is 79.9. The topological polar surface area (TPSA) is 71.3 Å². The molecule has 6 heteroatoms. The van der Waals surface area contributed by atoms with Crippen LogP contribution in [0.15, 0.2) is 108 Å². The molecule has 1 atom stereocenters. The van der Waals surface area contributed by atoms with Crippen molar-refractivity contribution in [1.82, 2.24) is 9.88 Å². The van der Waals surface area contributed by atoms with Crippen molar-refractivity contribution < 1.29 is 14.7 Å². The lowest BCUT2D eigenvalue weighted by molar-refractivity contribution is 0.0696. The highest BCUT2D eigenvalue weighted by Gasteiger charge is 2.14. The smallest absolute Gasteiger partial charge is 0.335 e. The molecule has 0 saturated carbocycles. The zero-order valence-electron chi connectivity index (χ0n) is 20.2. The third-order valence-electron chi connectivity index (χ3n) is 6.53. The molecule has 5 nitrogen and oxygen atoms in total. The van der Waals surface area contributed by atoms with Gasteiger partial charge in [0.1, 0.15) is 0 Å². The number of fused-ring (bicyclic) bond motifs is 1. The predicted octanol–water partition coefficient (Wildman–Crippen LogP) is 7.31. The molecule has 5 aromatic rings. The lowest BCUT2D eigenvalue weighted by Gasteiger charge is -2.15. The Labute approximate surface area is 223 Å². The molecule has 0 aliphatic heterocycles. The Balaban J connectivity index is 1.38. The van der Waals surface area contributed by atoms with Gasteiger partial charge in [0.15, 0.2) is 0 Å². The fourth-order valence-electron chi connectivity index (χ4n) is 4.54. The highest BCUT2D eigenvalue weighted by molar-refractivity contribution is 9.10. The third-order valence-corrected chi connectivity index (χ3v) is 7.06. The fraction of sp³-hybridized carbons (Fsp3) is 0.0968. The zero-order valence-corrected chi connectivity index (χ0v) is 21.8. The van der Waals surface area contributed by atoms with Crippen LogP contribution in [0, 0.1) is 0 Å². The van der Waals surface area contributed by atoms with Crippen LogP contribution in [0.25, 0.3) is 22.0 Å². The summed E-state index contributed by atoms with van der Waals surface area (Å²) in [5, 5.41) is 13.5. The summed E-state index contributed by atoms with van der Waals surface area (Å²) in [6, 6.07) is 30.6. The van der Waals surface area contributed by atoms with E-state index >= 15 is 0 Å². The first-order chi connectivity index (χ1) is 17.9. The minimum Gasteiger partial charge on any atom is -0.478 e. The molecule has 4 aromatic carbocycles. The van der Waals surface area contributed by atoms with Crippen LogP contribution in [0.5, 0.6) is 0 Å². The number of rotatable bonds is 7. The van der Waals surface area contributed by atoms with Gasteiger partial charge in [-0.15, -0.1) is 0 Å². The van der Waals surface area contributed by atoms with Gasteiger partial charge in [-0.25, -0.2) is 4.79 Å². The molecule has 184 valence electrons. The maximum absolute atomic E-state index is 12.9. The van der Waals surface area contributed by atoms with E-state index < -0.39 is 5.97 Å². The Morgan fingerprint density at radius 2 is 1.68 bits per heavy atom. The summed E-state index contributed by atoms with van der Waals surface area (Å²) < 4.78 is 3.14. The molecule has 37 heavy (non-hydrogen) atoms. The number of nitrogens with one attached hydrogen (secondary N) is 1. The monoisotopic (exact) mass is 552 g/mol. The molecule has 5 rings (SSSR count). The Morgan fingerprint density at radius 1 is 0.892 bits per heavy atom. The van der Waals surface area contributed by atoms with Crippen molar-refractivity contribution in [3.8, 4) is 11.1 Å². The van der Waals surface area contributed by atoms with Gasteiger partial charge in [0.25, 0.3) is 5.91 Å². The summed E-state index contributed by atoms with van der Waals surface area (Å²) in [5.41, 5.74) is 5.87. The molecular formula is C31H25BrN2O3. The van der Waals surface area contributed by atoms with E-state index in [1.165, 1.54) is 0 Å². The van der Waals surface area contributed by atoms with Gasteiger partial charge in [-0.2, -0.15) is 0 Å². The van der Waals surface area contributed by atoms with Crippen molar-refractivity contribution in [3.05, 3.63) is 130 Å². The standard InChI is InChI=1S/C31H25BrN2O3/c1-20(21-9-12-27(32)13-10-21)33-30(35)24-11-14-29-23(18-24)15-16-34(29)19-26-5-2-3-8-28(26)22-6-4-7-25(17-22)31(36)37/h2-18,20H,19H2,1H3,(H,33,35)(H,36,37). The average molecular weight is 553 g/mol. The molecule has 0 aliphatic rings. The third kappa shape index (κ3) is 5.34. The number of nitrogens with zero attached hydrogens (tertiary/aromatic N) is 1. The number of carboxylic acid groups (broad SMARTS) is 1. The number of aromatic carboxylic acids is 1. The van der Waals surface area contributed by atoms with Crippen LogP contribution in [-0.4, -0.2) is 21.6 Å². The van der Waals surface area contributed by atoms with Crippen LogP contribution >= 0.6 is 15.9 Å². The van der Waals surface area contributed by atoms with E-state index in [4.69, 9.17) is 0 Å². The number of aromatic nitrogens is 1. The van der Waals surface area contributed by atoms with Crippen molar-refractivity contribution >= 4 is 38.7 Å². The second kappa shape index (κ2) is 10.4. The summed E-state index contributed by atoms with van der Waals surface area (Å²) >= 11 is 3.44. The first-order valence-corrected chi connectivity index (χ1v) is 12.8. The second-order valence-corrected chi connectivity index (χ2v) is 9.92. The first-order valence-electron chi connectivity index (χ1n) is 12.0. The summed E-state index contributed by atoms with van der Waals surface area (Å²) in [4.78, 5) is 24.4. The van der Waals surface area contributed by atoms with E-state index in [1.54, 1.807) is 18.2 Å². The second-order valence-electron chi connectivity index (χ2n) is 9.01. The van der Waals surface area contributed by atoms with Crippen LogP contribution in [0.3, 0.4) is 0 Å². The van der Waals surface area contributed by atoms with Crippen molar-refractivity contribution in [1.29, 1.82) is 0 Å². The number of hydrogen-bond acceptors (Lipinski definition) is 2. The molecule has 1 amide bonds. The van der Waals surface area contributed by atoms with Gasteiger partial charge in [0.2, 0.25) is 0 Å². The van der Waals surface area contributed by atoms with Gasteiger partial charge < -0.3 is 15.0 Å². The van der Waals surface area contributed by atoms with Gasteiger partial charge in [-0.05, 0) is 77.7 Å². The largest absolute Gasteiger partial charge is 0.478 e. The van der Waals surface area contributed by atoms with Gasteiger partial charge in [0, 0.05) is 33.7 Å². The van der Waals surface area contributed by atoms with Crippen LogP contribution in [0.1, 0.15) is 44.8 Å². The molecule has 1 heterocycles. The highest BCUT2D eigenvalue weighted by Crippen LogP contribution is 2.27. The van der Waals surface area contributed by atoms with Gasteiger partial charge >= 0.3 is 5.97 Å². The van der Waals surface area contributed by atoms with E-state index in [-0.39, 0.29) is 17.5 Å². The van der Waals surface area contributed by atoms with Crippen molar-refractivity contribution in [2.75, 3.05) is 0 Å². The van der Waals surface area contributed by atoms with Crippen molar-refractivity contribution in [2.45, 2.75) is 19.5 Å². The Kier molecular flexibility index (Phi) is 6.93. The molecule has 1 aromatic heterocycles. The fourth-order valence-corrected chi connectivity index (χ4v) is 4.80. The summed E-state index contributed by atoms with van der Waals surface area (Å²) in [7, 11) is 0. The zero-order chi connectivity index (χ0) is 25.9. The van der Waals surface area contributed by atoms with E-state index in [2.05, 4.69) is 31.9 Å². The van der Waals surface area contributed by atoms with Crippen molar-refractivity contribution in [3.63, 3.8) is 0 Å². The lowest BCUT2D eigenvalue weighted by atomic mass is 9.98. The van der Waals surface area contributed by atoms with E-state index in [1.807, 2.05) is 85.9 Å². The molecule has 2 N–H and O–H groups in total. The molecule has 0 bridgehead atoms. The van der Waals surface area contributed by atoms with E-state index in [0.29, 0.717) is 12.1 Å². The summed E-state index contributed by atoms with van der Waals surface area (Å²) in [6.07, 6.45) is 2.02. The minimum absolute atomic E-state index is 0.114. The molecular weight excluding hydrogens is 528 g/mol. The molecule has 0 aliphatic carbocycles. The number of amides is 1. The maximum atomic E-state index is 12.9. The lowest BCUT2D eigenvalue weighted by Crippen LogP contribution is -2.26. The molecule has 1 unspecified atom stereocenters. The number of carbonyl (C=O) groups is 2. The van der Waals surface area contributed by atoms with Gasteiger partial charge in [-0.1, -0.05) is 64.5 Å². The molecule has 0 spiro atoms. The van der Waals surface area contributed by atoms with E-state index in [0.717, 1.165) is 37.6 Å². The molecule has 0 radical (unpaired) electrons. The van der Waals surface area contributed by atoms with Gasteiger partial charge in [-0.3, -0.25) is 4.79 Å². The molecule has 0 saturated heterocycles. The Hall–Kier alpha value is -4.16. The SMILES string of the molecule is CC(NC(=O)c1ccc2c(ccn2Cc2ccccc2-c2cccc(C(=O)O)c2)c1)c1ccc(Br)cc1. The Morgan fingerprint density at radius 3 is 2.46 bits per heavy atom.